The molecule has 1 unspecified atom stereocenters. The van der Waals surface area contributed by atoms with E-state index in [0.717, 1.165) is 6.54 Å². The fourth-order valence-corrected chi connectivity index (χ4v) is 0.625. The maximum Gasteiger partial charge on any atom is 0.166 e. The summed E-state index contributed by atoms with van der Waals surface area (Å²) >= 11 is 4.73. The first-order valence-electron chi connectivity index (χ1n) is 3.11. The Morgan fingerprint density at radius 3 is 2.60 bits per heavy atom. The van der Waals surface area contributed by atoms with Crippen molar-refractivity contribution < 1.29 is 4.74 Å². The van der Waals surface area contributed by atoms with Crippen LogP contribution >= 0.6 is 12.2 Å². The molecule has 0 saturated carbocycles. The summed E-state index contributed by atoms with van der Waals surface area (Å²) in [6, 6.07) is 0. The van der Waals surface area contributed by atoms with Crippen molar-refractivity contribution >= 4 is 17.3 Å². The van der Waals surface area contributed by atoms with Crippen molar-refractivity contribution in [2.75, 3.05) is 20.7 Å². The van der Waals surface area contributed by atoms with Crippen LogP contribution in [0.5, 0.6) is 0 Å². The van der Waals surface area contributed by atoms with Crippen LogP contribution in [-0.4, -0.2) is 36.8 Å². The highest BCUT2D eigenvalue weighted by Crippen LogP contribution is 1.91. The Kier molecular flexibility index (Phi) is 4.31. The first-order valence-corrected chi connectivity index (χ1v) is 3.52. The van der Waals surface area contributed by atoms with Gasteiger partial charge < -0.3 is 15.4 Å². The van der Waals surface area contributed by atoms with Crippen LogP contribution in [0.3, 0.4) is 0 Å². The summed E-state index contributed by atoms with van der Waals surface area (Å²) in [4.78, 5) is 1.78. The summed E-state index contributed by atoms with van der Waals surface area (Å²) in [6.07, 6.45) is 0.173. The first kappa shape index (κ1) is 9.65. The van der Waals surface area contributed by atoms with Crippen molar-refractivity contribution in [3.05, 3.63) is 0 Å². The molecule has 4 heteroatoms. The van der Waals surface area contributed by atoms with Gasteiger partial charge in [-0.2, -0.15) is 0 Å². The van der Waals surface area contributed by atoms with Crippen LogP contribution in [0.15, 0.2) is 0 Å². The van der Waals surface area contributed by atoms with Gasteiger partial charge in [0.1, 0.15) is 0 Å². The summed E-state index contributed by atoms with van der Waals surface area (Å²) < 4.78 is 5.01. The fraction of sp³-hybridized carbons (Fsp3) is 0.833. The number of likely N-dealkylation sites (N-methyl/N-ethyl adjacent to an activating group) is 1. The molecule has 2 N–H and O–H groups in total. The van der Waals surface area contributed by atoms with E-state index in [0.29, 0.717) is 5.11 Å². The molecule has 0 aliphatic carbocycles. The van der Waals surface area contributed by atoms with Crippen molar-refractivity contribution in [3.8, 4) is 0 Å². The summed E-state index contributed by atoms with van der Waals surface area (Å²) in [6.45, 7) is 2.71. The molecule has 0 spiro atoms. The van der Waals surface area contributed by atoms with E-state index < -0.39 is 0 Å². The highest BCUT2D eigenvalue weighted by atomic mass is 32.1. The second kappa shape index (κ2) is 4.46. The quantitative estimate of drug-likeness (QED) is 0.602. The SMILES string of the molecule is COC(C)CN(C)C(N)=S. The predicted octanol–water partition coefficient (Wildman–Crippen LogP) is 0.197. The van der Waals surface area contributed by atoms with Crippen LogP contribution in [0, 0.1) is 0 Å². The Hall–Kier alpha value is -0.350. The van der Waals surface area contributed by atoms with E-state index in [4.69, 9.17) is 22.7 Å². The number of methoxy groups -OCH3 is 1. The number of hydrogen-bond acceptors (Lipinski definition) is 2. The van der Waals surface area contributed by atoms with E-state index >= 15 is 0 Å². The molecule has 0 radical (unpaired) electrons. The molecule has 0 fully saturated rings. The monoisotopic (exact) mass is 162 g/mol. The van der Waals surface area contributed by atoms with Gasteiger partial charge in [0.2, 0.25) is 0 Å². The topological polar surface area (TPSA) is 38.5 Å². The van der Waals surface area contributed by atoms with Crippen LogP contribution in [0.4, 0.5) is 0 Å². The zero-order chi connectivity index (χ0) is 8.15. The van der Waals surface area contributed by atoms with Gasteiger partial charge in [-0.15, -0.1) is 0 Å². The zero-order valence-electron chi connectivity index (χ0n) is 6.63. The van der Waals surface area contributed by atoms with Crippen LogP contribution in [0.2, 0.25) is 0 Å². The molecule has 0 saturated heterocycles. The predicted molar refractivity (Wildman–Crippen MR) is 45.9 cm³/mol. The molecule has 3 nitrogen and oxygen atoms in total. The number of rotatable bonds is 3. The summed E-state index contributed by atoms with van der Waals surface area (Å²) in [5, 5.41) is 0.406. The van der Waals surface area contributed by atoms with Crippen LogP contribution < -0.4 is 5.73 Å². The molecule has 0 bridgehead atoms. The first-order chi connectivity index (χ1) is 4.57. The molecule has 1 atom stereocenters. The van der Waals surface area contributed by atoms with E-state index in [1.807, 2.05) is 14.0 Å². The van der Waals surface area contributed by atoms with Crippen LogP contribution in [0.25, 0.3) is 0 Å². The smallest absolute Gasteiger partial charge is 0.166 e. The lowest BCUT2D eigenvalue weighted by Gasteiger charge is -2.20. The Bertz CT molecular complexity index is 118. The van der Waals surface area contributed by atoms with Gasteiger partial charge >= 0.3 is 0 Å². The number of hydrogen-bond donors (Lipinski definition) is 1. The molecular weight excluding hydrogens is 148 g/mol. The molecule has 0 aliphatic rings. The van der Waals surface area contributed by atoms with Crippen molar-refractivity contribution in [3.63, 3.8) is 0 Å². The maximum absolute atomic E-state index is 5.34. The van der Waals surface area contributed by atoms with E-state index in [2.05, 4.69) is 0 Å². The lowest BCUT2D eigenvalue weighted by atomic mass is 10.4. The lowest BCUT2D eigenvalue weighted by molar-refractivity contribution is 0.102. The molecule has 60 valence electrons. The van der Waals surface area contributed by atoms with Gasteiger partial charge in [-0.05, 0) is 19.1 Å². The normalized spacial score (nSPS) is 12.7. The molecule has 0 rings (SSSR count). The molecular formula is C6H14N2OS. The minimum Gasteiger partial charge on any atom is -0.380 e. The summed E-state index contributed by atoms with van der Waals surface area (Å²) in [5.41, 5.74) is 5.34. The zero-order valence-corrected chi connectivity index (χ0v) is 7.44. The van der Waals surface area contributed by atoms with Gasteiger partial charge in [-0.25, -0.2) is 0 Å². The third kappa shape index (κ3) is 3.63. The molecule has 0 aromatic carbocycles. The lowest BCUT2D eigenvalue weighted by Crippen LogP contribution is -2.37. The molecule has 10 heavy (non-hydrogen) atoms. The van der Waals surface area contributed by atoms with Gasteiger partial charge in [0.15, 0.2) is 5.11 Å². The number of nitrogens with two attached hydrogens (primary N) is 1. The van der Waals surface area contributed by atoms with Crippen molar-refractivity contribution in [1.29, 1.82) is 0 Å². The Morgan fingerprint density at radius 2 is 2.30 bits per heavy atom. The van der Waals surface area contributed by atoms with E-state index in [9.17, 15) is 0 Å². The highest BCUT2D eigenvalue weighted by molar-refractivity contribution is 7.80. The summed E-state index contributed by atoms with van der Waals surface area (Å²) in [5.74, 6) is 0. The number of thiocarbonyl (C=S) groups is 1. The maximum atomic E-state index is 5.34. The minimum absolute atomic E-state index is 0.173. The Labute approximate surface area is 67.1 Å². The summed E-state index contributed by atoms with van der Waals surface area (Å²) in [7, 11) is 3.51. The number of ether oxygens (including phenoxy) is 1. The van der Waals surface area contributed by atoms with Crippen molar-refractivity contribution in [1.82, 2.24) is 4.90 Å². The van der Waals surface area contributed by atoms with Gasteiger partial charge in [0, 0.05) is 20.7 Å². The van der Waals surface area contributed by atoms with Gasteiger partial charge in [0.25, 0.3) is 0 Å². The number of nitrogens with zero attached hydrogens (tertiary/aromatic N) is 1. The van der Waals surface area contributed by atoms with Crippen molar-refractivity contribution in [2.24, 2.45) is 5.73 Å². The molecule has 0 aromatic rings. The van der Waals surface area contributed by atoms with E-state index in [1.165, 1.54) is 0 Å². The average Bonchev–Trinajstić information content (AvgIpc) is 1.87. The molecule has 0 amide bonds. The van der Waals surface area contributed by atoms with E-state index in [1.54, 1.807) is 12.0 Å². The fourth-order valence-electron chi connectivity index (χ4n) is 0.550. The van der Waals surface area contributed by atoms with Gasteiger partial charge in [-0.3, -0.25) is 0 Å². The van der Waals surface area contributed by atoms with Gasteiger partial charge in [0.05, 0.1) is 6.10 Å². The second-order valence-corrected chi connectivity index (χ2v) is 2.68. The van der Waals surface area contributed by atoms with E-state index in [-0.39, 0.29) is 6.10 Å². The highest BCUT2D eigenvalue weighted by Gasteiger charge is 2.04. The van der Waals surface area contributed by atoms with Crippen LogP contribution in [-0.2, 0) is 4.74 Å². The third-order valence-electron chi connectivity index (χ3n) is 1.31. The standard InChI is InChI=1S/C6H14N2OS/c1-5(9-3)4-8(2)6(7)10/h5H,4H2,1-3H3,(H2,7,10). The molecule has 0 aromatic heterocycles. The van der Waals surface area contributed by atoms with Gasteiger partial charge in [-0.1, -0.05) is 0 Å². The van der Waals surface area contributed by atoms with Crippen LogP contribution in [0.1, 0.15) is 6.92 Å². The molecule has 0 heterocycles. The third-order valence-corrected chi connectivity index (χ3v) is 1.62. The molecule has 0 aliphatic heterocycles. The Balaban J connectivity index is 3.56. The average molecular weight is 162 g/mol. The second-order valence-electron chi connectivity index (χ2n) is 2.27. The minimum atomic E-state index is 0.173. The largest absolute Gasteiger partial charge is 0.380 e. The Morgan fingerprint density at radius 1 is 1.80 bits per heavy atom. The van der Waals surface area contributed by atoms with Crippen molar-refractivity contribution in [2.45, 2.75) is 13.0 Å².